The molecular formula is C19H20ClN3S. The minimum absolute atomic E-state index is 0.870. The number of benzene rings is 2. The summed E-state index contributed by atoms with van der Waals surface area (Å²) in [6, 6.07) is 14.6. The van der Waals surface area contributed by atoms with Crippen molar-refractivity contribution in [2.24, 2.45) is 0 Å². The van der Waals surface area contributed by atoms with E-state index in [1.807, 2.05) is 6.07 Å². The highest BCUT2D eigenvalue weighted by Gasteiger charge is 2.20. The molecule has 0 atom stereocenters. The van der Waals surface area contributed by atoms with Gasteiger partial charge in [-0.15, -0.1) is 0 Å². The van der Waals surface area contributed by atoms with Gasteiger partial charge >= 0.3 is 0 Å². The van der Waals surface area contributed by atoms with Gasteiger partial charge in [0.25, 0.3) is 0 Å². The van der Waals surface area contributed by atoms with Crippen LogP contribution in [0.3, 0.4) is 0 Å². The number of aromatic nitrogens is 1. The first-order valence-corrected chi connectivity index (χ1v) is 9.46. The first-order valence-electron chi connectivity index (χ1n) is 8.27. The summed E-state index contributed by atoms with van der Waals surface area (Å²) in [6.45, 7) is 7.16. The summed E-state index contributed by atoms with van der Waals surface area (Å²) in [7, 11) is 0. The van der Waals surface area contributed by atoms with Gasteiger partial charge in [-0.2, -0.15) is 0 Å². The Morgan fingerprint density at radius 3 is 2.67 bits per heavy atom. The van der Waals surface area contributed by atoms with Crippen LogP contribution < -0.4 is 4.90 Å². The number of thiazole rings is 1. The van der Waals surface area contributed by atoms with E-state index in [0.717, 1.165) is 48.4 Å². The van der Waals surface area contributed by atoms with Crippen molar-refractivity contribution in [2.75, 3.05) is 31.1 Å². The van der Waals surface area contributed by atoms with Crippen LogP contribution in [0, 0.1) is 6.92 Å². The van der Waals surface area contributed by atoms with Gasteiger partial charge in [0.1, 0.15) is 0 Å². The molecule has 0 amide bonds. The molecule has 0 spiro atoms. The maximum atomic E-state index is 6.34. The Kier molecular flexibility index (Phi) is 4.44. The maximum absolute atomic E-state index is 6.34. The molecule has 2 aromatic carbocycles. The molecular weight excluding hydrogens is 338 g/mol. The van der Waals surface area contributed by atoms with Gasteiger partial charge in [-0.05, 0) is 30.7 Å². The topological polar surface area (TPSA) is 19.4 Å². The fourth-order valence-electron chi connectivity index (χ4n) is 3.16. The third-order valence-corrected chi connectivity index (χ3v) is 5.99. The van der Waals surface area contributed by atoms with E-state index < -0.39 is 0 Å². The molecule has 3 nitrogen and oxygen atoms in total. The van der Waals surface area contributed by atoms with Crippen molar-refractivity contribution in [3.05, 3.63) is 58.6 Å². The van der Waals surface area contributed by atoms with Crippen LogP contribution in [-0.4, -0.2) is 36.1 Å². The number of anilines is 1. The minimum Gasteiger partial charge on any atom is -0.345 e. The number of nitrogens with zero attached hydrogens (tertiary/aromatic N) is 3. The van der Waals surface area contributed by atoms with Gasteiger partial charge in [-0.3, -0.25) is 4.90 Å². The second-order valence-electron chi connectivity index (χ2n) is 6.32. The quantitative estimate of drug-likeness (QED) is 0.684. The normalized spacial score (nSPS) is 16.0. The smallest absolute Gasteiger partial charge is 0.186 e. The van der Waals surface area contributed by atoms with Gasteiger partial charge in [0, 0.05) is 37.7 Å². The Morgan fingerprint density at radius 2 is 1.88 bits per heavy atom. The molecule has 124 valence electrons. The largest absolute Gasteiger partial charge is 0.345 e. The molecule has 0 aliphatic carbocycles. The van der Waals surface area contributed by atoms with Crippen molar-refractivity contribution >= 4 is 38.3 Å². The molecule has 4 rings (SSSR count). The third kappa shape index (κ3) is 3.27. The van der Waals surface area contributed by atoms with Gasteiger partial charge < -0.3 is 4.90 Å². The van der Waals surface area contributed by atoms with Crippen molar-refractivity contribution in [3.63, 3.8) is 0 Å². The van der Waals surface area contributed by atoms with Crippen LogP contribution >= 0.6 is 22.9 Å². The second-order valence-corrected chi connectivity index (χ2v) is 7.74. The Morgan fingerprint density at radius 1 is 1.08 bits per heavy atom. The van der Waals surface area contributed by atoms with Crippen LogP contribution in [0.4, 0.5) is 5.13 Å². The molecule has 0 bridgehead atoms. The highest BCUT2D eigenvalue weighted by atomic mass is 35.5. The van der Waals surface area contributed by atoms with Crippen molar-refractivity contribution in [3.8, 4) is 0 Å². The van der Waals surface area contributed by atoms with Crippen LogP contribution in [0.2, 0.25) is 5.02 Å². The first kappa shape index (κ1) is 15.9. The van der Waals surface area contributed by atoms with E-state index in [-0.39, 0.29) is 0 Å². The number of fused-ring (bicyclic) bond motifs is 1. The van der Waals surface area contributed by atoms with Gasteiger partial charge in [0.15, 0.2) is 5.13 Å². The summed E-state index contributed by atoms with van der Waals surface area (Å²) in [6.07, 6.45) is 0. The summed E-state index contributed by atoms with van der Waals surface area (Å²) in [5, 5.41) is 2.01. The molecule has 0 unspecified atom stereocenters. The third-order valence-electron chi connectivity index (χ3n) is 4.52. The molecule has 1 aliphatic rings. The summed E-state index contributed by atoms with van der Waals surface area (Å²) in [5.74, 6) is 0. The van der Waals surface area contributed by atoms with Gasteiger partial charge in [0.2, 0.25) is 0 Å². The highest BCUT2D eigenvalue weighted by Crippen LogP contribution is 2.29. The lowest BCUT2D eigenvalue weighted by atomic mass is 10.1. The number of hydrogen-bond donors (Lipinski definition) is 0. The van der Waals surface area contributed by atoms with Crippen molar-refractivity contribution in [1.29, 1.82) is 0 Å². The molecule has 1 aromatic heterocycles. The summed E-state index contributed by atoms with van der Waals surface area (Å²) >= 11 is 8.13. The predicted octanol–water partition coefficient (Wildman–Crippen LogP) is 4.58. The van der Waals surface area contributed by atoms with Gasteiger partial charge in [0.05, 0.1) is 10.2 Å². The van der Waals surface area contributed by atoms with Crippen molar-refractivity contribution in [1.82, 2.24) is 9.88 Å². The van der Waals surface area contributed by atoms with Gasteiger partial charge in [-0.1, -0.05) is 52.8 Å². The number of halogens is 1. The molecule has 0 saturated carbocycles. The molecule has 2 heterocycles. The van der Waals surface area contributed by atoms with Gasteiger partial charge in [-0.25, -0.2) is 4.98 Å². The van der Waals surface area contributed by atoms with E-state index in [0.29, 0.717) is 0 Å². The predicted molar refractivity (Wildman–Crippen MR) is 103 cm³/mol. The molecule has 5 heteroatoms. The lowest BCUT2D eigenvalue weighted by Crippen LogP contribution is -2.46. The zero-order valence-corrected chi connectivity index (χ0v) is 15.3. The second kappa shape index (κ2) is 6.71. The standard InChI is InChI=1S/C19H20ClN3S/c1-14-6-7-16(20)15(12-14)13-22-8-10-23(11-9-22)19-21-17-4-2-3-5-18(17)24-19/h2-7,12H,8-11,13H2,1H3. The minimum atomic E-state index is 0.870. The fourth-order valence-corrected chi connectivity index (χ4v) is 4.35. The van der Waals surface area contributed by atoms with E-state index in [4.69, 9.17) is 16.6 Å². The van der Waals surface area contributed by atoms with Crippen LogP contribution in [0.5, 0.6) is 0 Å². The van der Waals surface area contributed by atoms with E-state index in [9.17, 15) is 0 Å². The Bertz CT molecular complexity index is 820. The van der Waals surface area contributed by atoms with Crippen LogP contribution in [-0.2, 0) is 6.54 Å². The van der Waals surface area contributed by atoms with E-state index >= 15 is 0 Å². The number of aryl methyl sites for hydroxylation is 1. The zero-order valence-electron chi connectivity index (χ0n) is 13.7. The number of piperazine rings is 1. The molecule has 1 aliphatic heterocycles. The monoisotopic (exact) mass is 357 g/mol. The number of hydrogen-bond acceptors (Lipinski definition) is 4. The lowest BCUT2D eigenvalue weighted by Gasteiger charge is -2.34. The summed E-state index contributed by atoms with van der Waals surface area (Å²) < 4.78 is 1.27. The van der Waals surface area contributed by atoms with E-state index in [1.165, 1.54) is 15.8 Å². The Hall–Kier alpha value is -1.62. The average Bonchev–Trinajstić information content (AvgIpc) is 3.03. The number of para-hydroxylation sites is 1. The Balaban J connectivity index is 1.42. The van der Waals surface area contributed by atoms with E-state index in [1.54, 1.807) is 11.3 Å². The summed E-state index contributed by atoms with van der Waals surface area (Å²) in [4.78, 5) is 9.65. The van der Waals surface area contributed by atoms with Crippen molar-refractivity contribution < 1.29 is 0 Å². The van der Waals surface area contributed by atoms with Crippen LogP contribution in [0.15, 0.2) is 42.5 Å². The zero-order chi connectivity index (χ0) is 16.5. The molecule has 0 N–H and O–H groups in total. The molecule has 1 fully saturated rings. The number of rotatable bonds is 3. The van der Waals surface area contributed by atoms with Crippen molar-refractivity contribution in [2.45, 2.75) is 13.5 Å². The molecule has 3 aromatic rings. The van der Waals surface area contributed by atoms with E-state index in [2.05, 4.69) is 53.1 Å². The Labute approximate surface area is 151 Å². The molecule has 24 heavy (non-hydrogen) atoms. The average molecular weight is 358 g/mol. The lowest BCUT2D eigenvalue weighted by molar-refractivity contribution is 0.250. The maximum Gasteiger partial charge on any atom is 0.186 e. The highest BCUT2D eigenvalue weighted by molar-refractivity contribution is 7.22. The van der Waals surface area contributed by atoms with Crippen LogP contribution in [0.25, 0.3) is 10.2 Å². The molecule has 1 saturated heterocycles. The molecule has 0 radical (unpaired) electrons. The first-order chi connectivity index (χ1) is 11.7. The van der Waals surface area contributed by atoms with Crippen LogP contribution in [0.1, 0.15) is 11.1 Å². The summed E-state index contributed by atoms with van der Waals surface area (Å²) in [5.41, 5.74) is 3.60. The fraction of sp³-hybridized carbons (Fsp3) is 0.316. The SMILES string of the molecule is Cc1ccc(Cl)c(CN2CCN(c3nc4ccccc4s3)CC2)c1.